The van der Waals surface area contributed by atoms with Gasteiger partial charge in [-0.25, -0.2) is 17.5 Å². The smallest absolute Gasteiger partial charge is 0.317 e. The van der Waals surface area contributed by atoms with Crippen molar-refractivity contribution in [3.8, 4) is 0 Å². The molecule has 0 aromatic carbocycles. The van der Waals surface area contributed by atoms with Crippen LogP contribution in [0.1, 0.15) is 38.5 Å². The third kappa shape index (κ3) is 4.11. The molecule has 8 heteroatoms. The van der Waals surface area contributed by atoms with Crippen LogP contribution in [0.15, 0.2) is 0 Å². The third-order valence-electron chi connectivity index (χ3n) is 6.22. The van der Waals surface area contributed by atoms with E-state index in [0.29, 0.717) is 38.8 Å². The number of nitrogens with zero attached hydrogens (tertiary/aromatic N) is 2. The molecule has 2 atom stereocenters. The van der Waals surface area contributed by atoms with Crippen LogP contribution in [0.3, 0.4) is 0 Å². The maximum atomic E-state index is 12.6. The highest BCUT2D eigenvalue weighted by molar-refractivity contribution is 7.88. The zero-order chi connectivity index (χ0) is 18.1. The Balaban J connectivity index is 1.65. The van der Waals surface area contributed by atoms with E-state index in [1.165, 1.54) is 25.5 Å². The molecule has 2 heterocycles. The molecule has 7 nitrogen and oxygen atoms in total. The average Bonchev–Trinajstić information content (AvgIpc) is 2.95. The molecule has 0 radical (unpaired) electrons. The number of hydrogen-bond acceptors (Lipinski definition) is 4. The Morgan fingerprint density at radius 2 is 1.96 bits per heavy atom. The van der Waals surface area contributed by atoms with E-state index < -0.39 is 10.0 Å². The zero-order valence-electron chi connectivity index (χ0n) is 15.4. The number of likely N-dealkylation sites (tertiary alicyclic amines) is 1. The molecule has 0 spiro atoms. The van der Waals surface area contributed by atoms with E-state index in [1.807, 2.05) is 4.90 Å². The predicted molar refractivity (Wildman–Crippen MR) is 95.8 cm³/mol. The van der Waals surface area contributed by atoms with E-state index in [1.54, 1.807) is 11.4 Å². The molecule has 2 saturated heterocycles. The SMILES string of the molecule is COC[C@@]12CCN(C(=O)NC3CCCCC3)C[C@@H]1CN(S(C)(=O)=O)C2. The fourth-order valence-corrected chi connectivity index (χ4v) is 5.65. The highest BCUT2D eigenvalue weighted by Crippen LogP contribution is 2.43. The van der Waals surface area contributed by atoms with Crippen LogP contribution in [0.2, 0.25) is 0 Å². The van der Waals surface area contributed by atoms with E-state index >= 15 is 0 Å². The van der Waals surface area contributed by atoms with Crippen molar-refractivity contribution < 1.29 is 17.9 Å². The molecule has 144 valence electrons. The fraction of sp³-hybridized carbons (Fsp3) is 0.941. The maximum absolute atomic E-state index is 12.6. The second-order valence-corrected chi connectivity index (χ2v) is 10.0. The van der Waals surface area contributed by atoms with Crippen LogP contribution in [-0.4, -0.2) is 75.8 Å². The minimum atomic E-state index is -3.22. The first-order valence-electron chi connectivity index (χ1n) is 9.33. The summed E-state index contributed by atoms with van der Waals surface area (Å²) in [5.74, 6) is 0.132. The number of carbonyl (C=O) groups is 1. The Bertz CT molecular complexity index is 591. The molecule has 2 amide bonds. The van der Waals surface area contributed by atoms with Gasteiger partial charge in [0.15, 0.2) is 0 Å². The highest BCUT2D eigenvalue weighted by Gasteiger charge is 2.52. The standard InChI is InChI=1S/C17H31N3O4S/c1-24-13-17-8-9-19(16(21)18-15-6-4-3-5-7-15)10-14(17)11-20(12-17)25(2,22)23/h14-15H,3-13H2,1-2H3,(H,18,21)/t14-,17+/m1/s1. The van der Waals surface area contributed by atoms with Gasteiger partial charge in [-0.3, -0.25) is 0 Å². The lowest BCUT2D eigenvalue weighted by Gasteiger charge is -2.43. The molecular formula is C17H31N3O4S. The van der Waals surface area contributed by atoms with E-state index in [0.717, 1.165) is 19.3 Å². The lowest BCUT2D eigenvalue weighted by atomic mass is 9.73. The largest absolute Gasteiger partial charge is 0.384 e. The van der Waals surface area contributed by atoms with E-state index in [4.69, 9.17) is 4.74 Å². The molecule has 1 aliphatic carbocycles. The molecule has 25 heavy (non-hydrogen) atoms. The fourth-order valence-electron chi connectivity index (χ4n) is 4.71. The number of urea groups is 1. The van der Waals surface area contributed by atoms with Crippen molar-refractivity contribution in [1.82, 2.24) is 14.5 Å². The van der Waals surface area contributed by atoms with Crippen LogP contribution in [0.25, 0.3) is 0 Å². The first-order chi connectivity index (χ1) is 11.8. The highest BCUT2D eigenvalue weighted by atomic mass is 32.2. The number of fused-ring (bicyclic) bond motifs is 1. The van der Waals surface area contributed by atoms with Gasteiger partial charge < -0.3 is 15.0 Å². The number of hydrogen-bond donors (Lipinski definition) is 1. The second-order valence-electron chi connectivity index (χ2n) is 8.03. The topological polar surface area (TPSA) is 79.0 Å². The van der Waals surface area contributed by atoms with Gasteiger partial charge in [0.25, 0.3) is 0 Å². The average molecular weight is 374 g/mol. The van der Waals surface area contributed by atoms with Crippen LogP contribution in [-0.2, 0) is 14.8 Å². The molecule has 1 saturated carbocycles. The Kier molecular flexibility index (Phi) is 5.60. The number of ether oxygens (including phenoxy) is 1. The second kappa shape index (κ2) is 7.40. The van der Waals surface area contributed by atoms with E-state index in [2.05, 4.69) is 5.32 Å². The van der Waals surface area contributed by atoms with Crippen molar-refractivity contribution in [3.05, 3.63) is 0 Å². The minimum absolute atomic E-state index is 0.00993. The Labute approximate surface area is 151 Å². The van der Waals surface area contributed by atoms with Crippen LogP contribution in [0.5, 0.6) is 0 Å². The molecule has 0 aromatic heterocycles. The molecule has 0 aromatic rings. The summed E-state index contributed by atoms with van der Waals surface area (Å²) in [6.07, 6.45) is 7.83. The molecule has 0 bridgehead atoms. The van der Waals surface area contributed by atoms with E-state index in [9.17, 15) is 13.2 Å². The van der Waals surface area contributed by atoms with Gasteiger partial charge in [-0.15, -0.1) is 0 Å². The van der Waals surface area contributed by atoms with Gasteiger partial charge in [0, 0.05) is 44.7 Å². The number of carbonyl (C=O) groups excluding carboxylic acids is 1. The summed E-state index contributed by atoms with van der Waals surface area (Å²) in [4.78, 5) is 14.5. The van der Waals surface area contributed by atoms with Gasteiger partial charge >= 0.3 is 6.03 Å². The number of sulfonamides is 1. The van der Waals surface area contributed by atoms with Crippen molar-refractivity contribution in [1.29, 1.82) is 0 Å². The molecule has 3 fully saturated rings. The first kappa shape index (κ1) is 18.9. The van der Waals surface area contributed by atoms with Crippen LogP contribution in [0.4, 0.5) is 4.79 Å². The first-order valence-corrected chi connectivity index (χ1v) is 11.2. The maximum Gasteiger partial charge on any atom is 0.317 e. The summed E-state index contributed by atoms with van der Waals surface area (Å²) >= 11 is 0. The number of piperidine rings is 1. The Morgan fingerprint density at radius 1 is 1.24 bits per heavy atom. The summed E-state index contributed by atoms with van der Waals surface area (Å²) in [6.45, 7) is 2.80. The zero-order valence-corrected chi connectivity index (χ0v) is 16.2. The summed E-state index contributed by atoms with van der Waals surface area (Å²) in [7, 11) is -1.56. The molecule has 1 N–H and O–H groups in total. The molecule has 3 rings (SSSR count). The summed E-state index contributed by atoms with van der Waals surface area (Å²) in [6, 6.07) is 0.304. The van der Waals surface area contributed by atoms with Crippen molar-refractivity contribution in [2.45, 2.75) is 44.6 Å². The van der Waals surface area contributed by atoms with Gasteiger partial charge in [-0.2, -0.15) is 0 Å². The van der Waals surface area contributed by atoms with Gasteiger partial charge in [0.2, 0.25) is 10.0 Å². The Hall–Kier alpha value is -0.860. The number of amides is 2. The van der Waals surface area contributed by atoms with Crippen molar-refractivity contribution in [2.24, 2.45) is 11.3 Å². The quantitative estimate of drug-likeness (QED) is 0.805. The lowest BCUT2D eigenvalue weighted by Crippen LogP contribution is -2.54. The van der Waals surface area contributed by atoms with Gasteiger partial charge in [0.05, 0.1) is 12.9 Å². The predicted octanol–water partition coefficient (Wildman–Crippen LogP) is 1.26. The number of nitrogens with one attached hydrogen (secondary N) is 1. The minimum Gasteiger partial charge on any atom is -0.384 e. The van der Waals surface area contributed by atoms with Gasteiger partial charge in [0.1, 0.15) is 0 Å². The monoisotopic (exact) mass is 373 g/mol. The summed E-state index contributed by atoms with van der Waals surface area (Å²) < 4.78 is 31.0. The summed E-state index contributed by atoms with van der Waals surface area (Å²) in [5.41, 5.74) is -0.167. The van der Waals surface area contributed by atoms with Crippen molar-refractivity contribution in [3.63, 3.8) is 0 Å². The Morgan fingerprint density at radius 3 is 2.60 bits per heavy atom. The molecule has 3 aliphatic rings. The third-order valence-corrected chi connectivity index (χ3v) is 7.44. The van der Waals surface area contributed by atoms with Gasteiger partial charge in [-0.05, 0) is 25.2 Å². The lowest BCUT2D eigenvalue weighted by molar-refractivity contribution is 0.0112. The van der Waals surface area contributed by atoms with Gasteiger partial charge in [-0.1, -0.05) is 19.3 Å². The number of rotatable bonds is 4. The van der Waals surface area contributed by atoms with Crippen LogP contribution < -0.4 is 5.32 Å². The van der Waals surface area contributed by atoms with Crippen LogP contribution >= 0.6 is 0 Å². The van der Waals surface area contributed by atoms with E-state index in [-0.39, 0.29) is 17.4 Å². The summed E-state index contributed by atoms with van der Waals surface area (Å²) in [5, 5.41) is 3.18. The molecule has 0 unspecified atom stereocenters. The number of methoxy groups -OCH3 is 1. The molecule has 2 aliphatic heterocycles. The van der Waals surface area contributed by atoms with Crippen molar-refractivity contribution >= 4 is 16.1 Å². The van der Waals surface area contributed by atoms with Crippen molar-refractivity contribution in [2.75, 3.05) is 46.2 Å². The molecular weight excluding hydrogens is 342 g/mol. The normalized spacial score (nSPS) is 31.8. The van der Waals surface area contributed by atoms with Crippen LogP contribution in [0, 0.1) is 11.3 Å².